The van der Waals surface area contributed by atoms with Crippen LogP contribution in [0.2, 0.25) is 0 Å². The summed E-state index contributed by atoms with van der Waals surface area (Å²) in [6, 6.07) is 12.3. The zero-order valence-corrected chi connectivity index (χ0v) is 16.2. The van der Waals surface area contributed by atoms with Crippen LogP contribution in [-0.4, -0.2) is 27.2 Å². The average Bonchev–Trinajstić information content (AvgIpc) is 2.56. The van der Waals surface area contributed by atoms with Gasteiger partial charge in [0.15, 0.2) is 0 Å². The van der Waals surface area contributed by atoms with Gasteiger partial charge < -0.3 is 10.1 Å². The van der Waals surface area contributed by atoms with Crippen LogP contribution in [-0.2, 0) is 10.0 Å². The normalized spacial score (nSPS) is 12.3. The lowest BCUT2D eigenvalue weighted by molar-refractivity contribution is 0.0939. The predicted molar refractivity (Wildman–Crippen MR) is 103 cm³/mol. The molecule has 1 atom stereocenters. The maximum Gasteiger partial charge on any atom is 0.252 e. The maximum atomic E-state index is 12.6. The van der Waals surface area contributed by atoms with E-state index in [4.69, 9.17) is 4.74 Å². The monoisotopic (exact) mass is 376 g/mol. The first-order chi connectivity index (χ1) is 12.2. The number of anilines is 1. The fourth-order valence-electron chi connectivity index (χ4n) is 2.57. The van der Waals surface area contributed by atoms with Gasteiger partial charge in [0.1, 0.15) is 5.75 Å². The minimum atomic E-state index is -3.41. The molecule has 26 heavy (non-hydrogen) atoms. The van der Waals surface area contributed by atoms with Gasteiger partial charge in [0.2, 0.25) is 10.0 Å². The lowest BCUT2D eigenvalue weighted by Gasteiger charge is -2.17. The first-order valence-electron chi connectivity index (χ1n) is 8.32. The molecule has 0 heterocycles. The number of hydrogen-bond acceptors (Lipinski definition) is 4. The molecule has 2 aromatic carbocycles. The third-order valence-corrected chi connectivity index (χ3v) is 4.50. The van der Waals surface area contributed by atoms with Crippen molar-refractivity contribution in [3.63, 3.8) is 0 Å². The van der Waals surface area contributed by atoms with Crippen LogP contribution in [0.5, 0.6) is 5.75 Å². The first-order valence-corrected chi connectivity index (χ1v) is 10.2. The highest BCUT2D eigenvalue weighted by Gasteiger charge is 2.16. The minimum absolute atomic E-state index is 0.205. The number of benzene rings is 2. The van der Waals surface area contributed by atoms with Gasteiger partial charge in [-0.3, -0.25) is 9.52 Å². The fourth-order valence-corrected chi connectivity index (χ4v) is 3.19. The van der Waals surface area contributed by atoms with Gasteiger partial charge in [-0.15, -0.1) is 0 Å². The van der Waals surface area contributed by atoms with Crippen LogP contribution < -0.4 is 14.8 Å². The van der Waals surface area contributed by atoms with E-state index < -0.39 is 10.0 Å². The molecule has 0 aromatic heterocycles. The summed E-state index contributed by atoms with van der Waals surface area (Å²) in [5.74, 6) is 0.520. The summed E-state index contributed by atoms with van der Waals surface area (Å²) in [5, 5.41) is 2.94. The van der Waals surface area contributed by atoms with Gasteiger partial charge in [-0.2, -0.15) is 0 Å². The topological polar surface area (TPSA) is 84.5 Å². The SMILES string of the molecule is CCOc1ccc([C@H](C)NC(=O)c2cccc(NS(C)(=O)=O)c2C)cc1. The van der Waals surface area contributed by atoms with Crippen molar-refractivity contribution in [1.82, 2.24) is 5.32 Å². The van der Waals surface area contributed by atoms with Gasteiger partial charge >= 0.3 is 0 Å². The standard InChI is InChI=1S/C19H24N2O4S/c1-5-25-16-11-9-15(10-12-16)14(3)20-19(22)17-7-6-8-18(13(17)2)21-26(4,23)24/h6-12,14,21H,5H2,1-4H3,(H,20,22)/t14-/m0/s1. The molecule has 0 bridgehead atoms. The summed E-state index contributed by atoms with van der Waals surface area (Å²) in [6.07, 6.45) is 1.08. The number of nitrogens with one attached hydrogen (secondary N) is 2. The van der Waals surface area contributed by atoms with Gasteiger partial charge in [0.25, 0.3) is 5.91 Å². The van der Waals surface area contributed by atoms with E-state index >= 15 is 0 Å². The Hall–Kier alpha value is -2.54. The van der Waals surface area contributed by atoms with E-state index in [0.29, 0.717) is 23.4 Å². The van der Waals surface area contributed by atoms with E-state index in [1.54, 1.807) is 25.1 Å². The Labute approximate surface area is 154 Å². The molecule has 1 amide bonds. The summed E-state index contributed by atoms with van der Waals surface area (Å²) in [6.45, 7) is 6.13. The predicted octanol–water partition coefficient (Wildman–Crippen LogP) is 3.26. The highest BCUT2D eigenvalue weighted by Crippen LogP contribution is 2.22. The van der Waals surface area contributed by atoms with Crippen molar-refractivity contribution in [2.75, 3.05) is 17.6 Å². The van der Waals surface area contributed by atoms with Crippen LogP contribution in [0.25, 0.3) is 0 Å². The van der Waals surface area contributed by atoms with Gasteiger partial charge in [-0.05, 0) is 56.2 Å². The molecule has 0 aliphatic rings. The summed E-state index contributed by atoms with van der Waals surface area (Å²) in [4.78, 5) is 12.6. The van der Waals surface area contributed by atoms with E-state index in [-0.39, 0.29) is 11.9 Å². The maximum absolute atomic E-state index is 12.6. The molecule has 2 aromatic rings. The van der Waals surface area contributed by atoms with Crippen molar-refractivity contribution in [3.8, 4) is 5.75 Å². The highest BCUT2D eigenvalue weighted by molar-refractivity contribution is 7.92. The van der Waals surface area contributed by atoms with E-state index in [0.717, 1.165) is 17.6 Å². The lowest BCUT2D eigenvalue weighted by atomic mass is 10.0. The summed E-state index contributed by atoms with van der Waals surface area (Å²) < 4.78 is 30.7. The Morgan fingerprint density at radius 1 is 1.15 bits per heavy atom. The molecule has 2 N–H and O–H groups in total. The Morgan fingerprint density at radius 2 is 1.81 bits per heavy atom. The van der Waals surface area contributed by atoms with Crippen LogP contribution in [0.15, 0.2) is 42.5 Å². The van der Waals surface area contributed by atoms with Gasteiger partial charge in [0, 0.05) is 5.56 Å². The Balaban J connectivity index is 2.15. The second kappa shape index (κ2) is 8.23. The third-order valence-electron chi connectivity index (χ3n) is 3.91. The quantitative estimate of drug-likeness (QED) is 0.777. The van der Waals surface area contributed by atoms with Crippen molar-refractivity contribution in [1.29, 1.82) is 0 Å². The molecule has 7 heteroatoms. The molecule has 2 rings (SSSR count). The molecule has 0 unspecified atom stereocenters. The molecule has 0 saturated heterocycles. The molecule has 0 spiro atoms. The van der Waals surface area contributed by atoms with Crippen molar-refractivity contribution in [3.05, 3.63) is 59.2 Å². The summed E-state index contributed by atoms with van der Waals surface area (Å²) in [7, 11) is -3.41. The fraction of sp³-hybridized carbons (Fsp3) is 0.316. The molecule has 0 saturated carbocycles. The Bertz CT molecular complexity index is 877. The average molecular weight is 376 g/mol. The second-order valence-corrected chi connectivity index (χ2v) is 7.80. The minimum Gasteiger partial charge on any atom is -0.494 e. The van der Waals surface area contributed by atoms with Crippen molar-refractivity contribution < 1.29 is 17.9 Å². The number of sulfonamides is 1. The molecule has 140 valence electrons. The van der Waals surface area contributed by atoms with E-state index in [9.17, 15) is 13.2 Å². The van der Waals surface area contributed by atoms with Crippen LogP contribution in [0, 0.1) is 6.92 Å². The van der Waals surface area contributed by atoms with Crippen LogP contribution in [0.4, 0.5) is 5.69 Å². The van der Waals surface area contributed by atoms with Crippen molar-refractivity contribution >= 4 is 21.6 Å². The molecule has 0 fully saturated rings. The van der Waals surface area contributed by atoms with Gasteiger partial charge in [0.05, 0.1) is 24.6 Å². The summed E-state index contributed by atoms with van der Waals surface area (Å²) in [5.41, 5.74) is 2.35. The van der Waals surface area contributed by atoms with Crippen LogP contribution >= 0.6 is 0 Å². The molecule has 6 nitrogen and oxygen atoms in total. The first kappa shape index (κ1) is 19.8. The largest absolute Gasteiger partial charge is 0.494 e. The van der Waals surface area contributed by atoms with Gasteiger partial charge in [-0.1, -0.05) is 18.2 Å². The number of carbonyl (C=O) groups is 1. The Kier molecular flexibility index (Phi) is 6.26. The summed E-state index contributed by atoms with van der Waals surface area (Å²) >= 11 is 0. The van der Waals surface area contributed by atoms with E-state index in [2.05, 4.69) is 10.0 Å². The molecule has 0 radical (unpaired) electrons. The number of hydrogen-bond donors (Lipinski definition) is 2. The van der Waals surface area contributed by atoms with Crippen LogP contribution in [0.3, 0.4) is 0 Å². The second-order valence-electron chi connectivity index (χ2n) is 6.05. The smallest absolute Gasteiger partial charge is 0.252 e. The van der Waals surface area contributed by atoms with Crippen molar-refractivity contribution in [2.45, 2.75) is 26.8 Å². The molecule has 0 aliphatic carbocycles. The number of ether oxygens (including phenoxy) is 1. The number of carbonyl (C=O) groups excluding carboxylic acids is 1. The molecule has 0 aliphatic heterocycles. The van der Waals surface area contributed by atoms with Crippen LogP contribution in [0.1, 0.15) is 41.4 Å². The number of amides is 1. The van der Waals surface area contributed by atoms with E-state index in [1.807, 2.05) is 38.1 Å². The van der Waals surface area contributed by atoms with E-state index in [1.165, 1.54) is 0 Å². The highest BCUT2D eigenvalue weighted by atomic mass is 32.2. The molecular formula is C19H24N2O4S. The zero-order valence-electron chi connectivity index (χ0n) is 15.4. The lowest BCUT2D eigenvalue weighted by Crippen LogP contribution is -2.27. The van der Waals surface area contributed by atoms with Gasteiger partial charge in [-0.25, -0.2) is 8.42 Å². The number of rotatable bonds is 7. The van der Waals surface area contributed by atoms with Crippen molar-refractivity contribution in [2.24, 2.45) is 0 Å². The zero-order chi connectivity index (χ0) is 19.3. The Morgan fingerprint density at radius 3 is 2.38 bits per heavy atom. The third kappa shape index (κ3) is 5.23. The molecular weight excluding hydrogens is 352 g/mol.